The highest BCUT2D eigenvalue weighted by atomic mass is 16.3. The van der Waals surface area contributed by atoms with Crippen LogP contribution in [0.3, 0.4) is 0 Å². The maximum atomic E-state index is 10.2. The van der Waals surface area contributed by atoms with Gasteiger partial charge in [-0.25, -0.2) is 0 Å². The third-order valence-electron chi connectivity index (χ3n) is 2.95. The van der Waals surface area contributed by atoms with Crippen LogP contribution in [0, 0.1) is 23.2 Å². The topological polar surface area (TPSA) is 47.3 Å². The van der Waals surface area contributed by atoms with Crippen molar-refractivity contribution < 1.29 is 5.11 Å². The van der Waals surface area contributed by atoms with Crippen LogP contribution in [-0.2, 0) is 0 Å². The Morgan fingerprint density at radius 2 is 1.88 bits per heavy atom. The highest BCUT2D eigenvalue weighted by Crippen LogP contribution is 2.18. The van der Waals surface area contributed by atoms with Gasteiger partial charge in [0, 0.05) is 26.1 Å². The van der Waals surface area contributed by atoms with E-state index in [4.69, 9.17) is 5.26 Å². The van der Waals surface area contributed by atoms with Crippen molar-refractivity contribution in [1.82, 2.24) is 4.90 Å². The highest BCUT2D eigenvalue weighted by molar-refractivity contribution is 4.82. The molecule has 3 heteroatoms. The molecule has 0 aromatic heterocycles. The van der Waals surface area contributed by atoms with Gasteiger partial charge in [0.15, 0.2) is 0 Å². The van der Waals surface area contributed by atoms with Gasteiger partial charge in [0.1, 0.15) is 0 Å². The van der Waals surface area contributed by atoms with E-state index in [1.807, 2.05) is 20.8 Å². The van der Waals surface area contributed by atoms with E-state index in [2.05, 4.69) is 24.8 Å². The van der Waals surface area contributed by atoms with Crippen LogP contribution in [0.25, 0.3) is 0 Å². The Labute approximate surface area is 100 Å². The second-order valence-electron chi connectivity index (χ2n) is 5.55. The van der Waals surface area contributed by atoms with E-state index < -0.39 is 5.60 Å². The van der Waals surface area contributed by atoms with Crippen molar-refractivity contribution in [2.75, 3.05) is 19.6 Å². The first-order valence-corrected chi connectivity index (χ1v) is 6.11. The molecule has 1 N–H and O–H groups in total. The molecule has 0 aliphatic heterocycles. The van der Waals surface area contributed by atoms with Crippen LogP contribution in [0.4, 0.5) is 0 Å². The SMILES string of the molecule is CC(C)CN(CCC#N)CC(C)(O)C(C)C. The fourth-order valence-corrected chi connectivity index (χ4v) is 1.59. The van der Waals surface area contributed by atoms with E-state index in [1.165, 1.54) is 0 Å². The first-order valence-electron chi connectivity index (χ1n) is 6.11. The quantitative estimate of drug-likeness (QED) is 0.724. The number of hydrogen-bond donors (Lipinski definition) is 1. The minimum absolute atomic E-state index is 0.226. The van der Waals surface area contributed by atoms with E-state index in [1.54, 1.807) is 0 Å². The average molecular weight is 226 g/mol. The molecule has 1 atom stereocenters. The van der Waals surface area contributed by atoms with Crippen molar-refractivity contribution in [2.45, 2.75) is 46.6 Å². The van der Waals surface area contributed by atoms with Crippen LogP contribution < -0.4 is 0 Å². The van der Waals surface area contributed by atoms with Crippen molar-refractivity contribution in [1.29, 1.82) is 5.26 Å². The van der Waals surface area contributed by atoms with Gasteiger partial charge in [-0.05, 0) is 18.8 Å². The largest absolute Gasteiger partial charge is 0.389 e. The van der Waals surface area contributed by atoms with Gasteiger partial charge in [0.25, 0.3) is 0 Å². The molecule has 3 nitrogen and oxygen atoms in total. The van der Waals surface area contributed by atoms with E-state index in [0.717, 1.165) is 13.1 Å². The van der Waals surface area contributed by atoms with Gasteiger partial charge >= 0.3 is 0 Å². The Morgan fingerprint density at radius 3 is 2.25 bits per heavy atom. The maximum absolute atomic E-state index is 10.2. The van der Waals surface area contributed by atoms with Crippen LogP contribution in [0.1, 0.15) is 41.0 Å². The molecule has 0 heterocycles. The van der Waals surface area contributed by atoms with Crippen LogP contribution in [0.5, 0.6) is 0 Å². The van der Waals surface area contributed by atoms with Gasteiger partial charge in [-0.3, -0.25) is 4.90 Å². The Kier molecular flexibility index (Phi) is 6.62. The first-order chi connectivity index (χ1) is 7.29. The second-order valence-corrected chi connectivity index (χ2v) is 5.55. The molecule has 0 bridgehead atoms. The van der Waals surface area contributed by atoms with Crippen molar-refractivity contribution in [3.05, 3.63) is 0 Å². The molecular formula is C13H26N2O. The molecule has 94 valence electrons. The molecule has 0 rings (SSSR count). The lowest BCUT2D eigenvalue weighted by Gasteiger charge is -2.35. The van der Waals surface area contributed by atoms with Gasteiger partial charge in [-0.2, -0.15) is 5.26 Å². The van der Waals surface area contributed by atoms with Crippen molar-refractivity contribution in [2.24, 2.45) is 11.8 Å². The lowest BCUT2D eigenvalue weighted by atomic mass is 9.91. The molecule has 0 aromatic rings. The van der Waals surface area contributed by atoms with Gasteiger partial charge in [-0.15, -0.1) is 0 Å². The third-order valence-corrected chi connectivity index (χ3v) is 2.95. The lowest BCUT2D eigenvalue weighted by Crippen LogP contribution is -2.46. The summed E-state index contributed by atoms with van der Waals surface area (Å²) in [7, 11) is 0. The molecular weight excluding hydrogens is 200 g/mol. The lowest BCUT2D eigenvalue weighted by molar-refractivity contribution is -0.0206. The van der Waals surface area contributed by atoms with Gasteiger partial charge in [0.2, 0.25) is 0 Å². The highest BCUT2D eigenvalue weighted by Gasteiger charge is 2.27. The molecule has 0 aliphatic rings. The minimum Gasteiger partial charge on any atom is -0.389 e. The zero-order chi connectivity index (χ0) is 12.8. The summed E-state index contributed by atoms with van der Waals surface area (Å²) in [6.07, 6.45) is 0.529. The molecule has 0 fully saturated rings. The number of hydrogen-bond acceptors (Lipinski definition) is 3. The van der Waals surface area contributed by atoms with E-state index in [-0.39, 0.29) is 5.92 Å². The molecule has 0 spiro atoms. The smallest absolute Gasteiger partial charge is 0.0768 e. The summed E-state index contributed by atoms with van der Waals surface area (Å²) in [5.41, 5.74) is -0.676. The zero-order valence-electron chi connectivity index (χ0n) is 11.3. The average Bonchev–Trinajstić information content (AvgIpc) is 2.12. The van der Waals surface area contributed by atoms with Crippen LogP contribution in [0.2, 0.25) is 0 Å². The fraction of sp³-hybridized carbons (Fsp3) is 0.923. The van der Waals surface area contributed by atoms with Crippen LogP contribution in [-0.4, -0.2) is 35.2 Å². The van der Waals surface area contributed by atoms with E-state index in [9.17, 15) is 5.11 Å². The third kappa shape index (κ3) is 6.09. The summed E-state index contributed by atoms with van der Waals surface area (Å²) >= 11 is 0. The monoisotopic (exact) mass is 226 g/mol. The standard InChI is InChI=1S/C13H26N2O/c1-11(2)9-15(8-6-7-14)10-13(5,16)12(3)4/h11-12,16H,6,8-10H2,1-5H3. The maximum Gasteiger partial charge on any atom is 0.0768 e. The summed E-state index contributed by atoms with van der Waals surface area (Å²) in [4.78, 5) is 2.19. The van der Waals surface area contributed by atoms with Crippen LogP contribution >= 0.6 is 0 Å². The Balaban J connectivity index is 4.35. The minimum atomic E-state index is -0.676. The molecule has 1 unspecified atom stereocenters. The predicted molar refractivity (Wildman–Crippen MR) is 67.0 cm³/mol. The summed E-state index contributed by atoms with van der Waals surface area (Å²) in [5.74, 6) is 0.783. The van der Waals surface area contributed by atoms with Gasteiger partial charge in [0.05, 0.1) is 11.7 Å². The van der Waals surface area contributed by atoms with Crippen molar-refractivity contribution in [3.63, 3.8) is 0 Å². The molecule has 0 radical (unpaired) electrons. The van der Waals surface area contributed by atoms with E-state index >= 15 is 0 Å². The molecule has 0 amide bonds. The molecule has 0 aromatic carbocycles. The number of nitriles is 1. The molecule has 0 aliphatic carbocycles. The zero-order valence-corrected chi connectivity index (χ0v) is 11.3. The summed E-state index contributed by atoms with van der Waals surface area (Å²) in [6, 6.07) is 2.16. The summed E-state index contributed by atoms with van der Waals surface area (Å²) < 4.78 is 0. The fourth-order valence-electron chi connectivity index (χ4n) is 1.59. The summed E-state index contributed by atoms with van der Waals surface area (Å²) in [5, 5.41) is 18.9. The van der Waals surface area contributed by atoms with Crippen molar-refractivity contribution >= 4 is 0 Å². The number of aliphatic hydroxyl groups is 1. The normalized spacial score (nSPS) is 15.5. The first kappa shape index (κ1) is 15.4. The molecule has 0 saturated heterocycles. The van der Waals surface area contributed by atoms with E-state index in [0.29, 0.717) is 18.9 Å². The number of rotatable bonds is 7. The molecule has 0 saturated carbocycles. The summed E-state index contributed by atoms with van der Waals surface area (Å²) in [6.45, 7) is 12.6. The Bertz CT molecular complexity index is 229. The Morgan fingerprint density at radius 1 is 1.31 bits per heavy atom. The Hall–Kier alpha value is -0.590. The van der Waals surface area contributed by atoms with Gasteiger partial charge < -0.3 is 5.11 Å². The van der Waals surface area contributed by atoms with Crippen molar-refractivity contribution in [3.8, 4) is 6.07 Å². The number of nitrogens with zero attached hydrogens (tertiary/aromatic N) is 2. The second kappa shape index (κ2) is 6.88. The van der Waals surface area contributed by atoms with Crippen LogP contribution in [0.15, 0.2) is 0 Å². The van der Waals surface area contributed by atoms with Gasteiger partial charge in [-0.1, -0.05) is 27.7 Å². The predicted octanol–water partition coefficient (Wildman–Crippen LogP) is 2.27. The molecule has 16 heavy (non-hydrogen) atoms.